The summed E-state index contributed by atoms with van der Waals surface area (Å²) in [7, 11) is 0. The first-order valence-corrected chi connectivity index (χ1v) is 20.2. The number of imidazole rings is 3. The Labute approximate surface area is 276 Å². The molecule has 2 bridgehead atoms. The number of nitrogens with two attached hydrogens (primary N) is 1. The third-order valence-electron chi connectivity index (χ3n) is 7.99. The maximum atomic E-state index is 16.0. The van der Waals surface area contributed by atoms with Crippen LogP contribution in [0.15, 0.2) is 42.1 Å². The topological polar surface area (TPSA) is 225 Å². The zero-order valence-corrected chi connectivity index (χ0v) is 27.9. The minimum absolute atomic E-state index is 0.0255. The summed E-state index contributed by atoms with van der Waals surface area (Å²) in [6.45, 7) is -9.76. The average Bonchev–Trinajstić information content (AvgIpc) is 3.85. The van der Waals surface area contributed by atoms with E-state index in [4.69, 9.17) is 28.6 Å². The maximum Gasteiger partial charge on any atom is 0.386 e. The van der Waals surface area contributed by atoms with Crippen LogP contribution < -0.4 is 11.3 Å². The molecule has 3 saturated heterocycles. The first-order chi connectivity index (χ1) is 22.4. The quantitative estimate of drug-likeness (QED) is 0.129. The van der Waals surface area contributed by atoms with Crippen LogP contribution in [0, 0.1) is 0 Å². The fourth-order valence-electron chi connectivity index (χ4n) is 5.82. The molecule has 24 heteroatoms. The van der Waals surface area contributed by atoms with E-state index in [-0.39, 0.29) is 16.9 Å². The lowest BCUT2D eigenvalue weighted by Gasteiger charge is -2.27. The van der Waals surface area contributed by atoms with Crippen molar-refractivity contribution in [2.24, 2.45) is 0 Å². The van der Waals surface area contributed by atoms with Gasteiger partial charge in [-0.15, -0.1) is 11.8 Å². The molecular formula is C23H24FN9O9P2S3. The number of alkyl halides is 1. The first kappa shape index (κ1) is 31.8. The molecule has 5 aromatic heterocycles. The molecule has 10 atom stereocenters. The Morgan fingerprint density at radius 2 is 1.77 bits per heavy atom. The summed E-state index contributed by atoms with van der Waals surface area (Å²) < 4.78 is 75.6. The lowest BCUT2D eigenvalue weighted by molar-refractivity contribution is -0.0481. The molecule has 3 aliphatic rings. The highest BCUT2D eigenvalue weighted by atomic mass is 32.7. The fraction of sp³-hybridized carbons (Fsp3) is 0.435. The van der Waals surface area contributed by atoms with Gasteiger partial charge in [-0.05, 0) is 6.07 Å². The molecule has 3 fully saturated rings. The number of nitrogens with zero attached hydrogens (tertiary/aromatic N) is 7. The van der Waals surface area contributed by atoms with E-state index in [0.29, 0.717) is 16.9 Å². The molecule has 4 N–H and O–H groups in total. The Morgan fingerprint density at radius 3 is 2.57 bits per heavy atom. The third-order valence-corrected chi connectivity index (χ3v) is 12.8. The van der Waals surface area contributed by atoms with Crippen LogP contribution in [0.5, 0.6) is 0 Å². The van der Waals surface area contributed by atoms with Gasteiger partial charge in [0.2, 0.25) is 5.78 Å². The predicted octanol–water partition coefficient (Wildman–Crippen LogP) is 2.50. The molecule has 5 aromatic rings. The van der Waals surface area contributed by atoms with Crippen molar-refractivity contribution in [1.82, 2.24) is 38.5 Å². The fourth-order valence-corrected chi connectivity index (χ4v) is 10.4. The van der Waals surface area contributed by atoms with E-state index >= 15 is 4.39 Å². The summed E-state index contributed by atoms with van der Waals surface area (Å²) in [4.78, 5) is 32.9. The van der Waals surface area contributed by atoms with Crippen LogP contribution in [0.4, 0.5) is 10.1 Å². The number of aromatic nitrogens is 8. The molecule has 8 heterocycles. The van der Waals surface area contributed by atoms with E-state index in [0.717, 1.165) is 11.8 Å². The average molecular weight is 748 g/mol. The van der Waals surface area contributed by atoms with Crippen LogP contribution in [0.1, 0.15) is 11.6 Å². The van der Waals surface area contributed by atoms with Gasteiger partial charge in [-0.25, -0.2) is 28.5 Å². The zero-order chi connectivity index (χ0) is 32.8. The van der Waals surface area contributed by atoms with Crippen LogP contribution in [0.3, 0.4) is 0 Å². The summed E-state index contributed by atoms with van der Waals surface area (Å²) in [6, 6.07) is 1.58. The standard InChI is InChI=1S/C23H24FN9O9P2S3/c24-12-10-5-38-43(36,45)41-16-11(47-22(15(16)34)33-8-28-13-9(25)1-2-26-18(13)33)6-39-44(37,46)42-17(12)21(40-10)32-7-29-14-19(32)30-23-27-3-4-31(23)20(14)35/h1-4,7-8,10-12,15-17,21-22,34H,5-6H2,(H2,25,26)(H,27,30)(H,36,45)(H,37,46)/t10-,11-,12-,15-,16-,17-,21-,22-,43?,44?/m1/s1. The number of pyridine rings is 1. The number of fused-ring (bicyclic) bond motifs is 6. The van der Waals surface area contributed by atoms with Gasteiger partial charge >= 0.3 is 13.6 Å². The maximum absolute atomic E-state index is 16.0. The van der Waals surface area contributed by atoms with Crippen molar-refractivity contribution in [3.8, 4) is 0 Å². The molecule has 0 radical (unpaired) electrons. The second-order valence-electron chi connectivity index (χ2n) is 10.9. The molecule has 18 nitrogen and oxygen atoms in total. The molecule has 0 aliphatic carbocycles. The molecule has 2 unspecified atom stereocenters. The molecule has 47 heavy (non-hydrogen) atoms. The van der Waals surface area contributed by atoms with Gasteiger partial charge in [0.15, 0.2) is 29.2 Å². The van der Waals surface area contributed by atoms with Crippen molar-refractivity contribution < 1.29 is 41.5 Å². The van der Waals surface area contributed by atoms with Gasteiger partial charge in [-0.2, -0.15) is 4.98 Å². The molecule has 0 saturated carbocycles. The Kier molecular flexibility index (Phi) is 7.80. The third kappa shape index (κ3) is 5.43. The SMILES string of the molecule is Nc1ccnc2c1ncn2[C@@H]1S[C@@H]2COP(=O)(S)O[C@@H]3[C@H](F)[C@@H](COP(=O)(S)O[C@H]2[C@H]1O)O[C@H]3n1cnc2c(=O)n3cc[nH]c3nc21. The molecule has 0 aromatic carbocycles. The number of hydrogen-bond acceptors (Lipinski definition) is 15. The van der Waals surface area contributed by atoms with E-state index in [9.17, 15) is 19.0 Å². The predicted molar refractivity (Wildman–Crippen MR) is 171 cm³/mol. The number of aromatic amines is 1. The number of anilines is 1. The Morgan fingerprint density at radius 1 is 1.04 bits per heavy atom. The van der Waals surface area contributed by atoms with E-state index < -0.39 is 79.8 Å². The van der Waals surface area contributed by atoms with Crippen molar-refractivity contribution >= 4 is 83.6 Å². The van der Waals surface area contributed by atoms with Crippen molar-refractivity contribution in [2.45, 2.75) is 47.4 Å². The van der Waals surface area contributed by atoms with Gasteiger partial charge in [-0.1, -0.05) is 24.5 Å². The lowest BCUT2D eigenvalue weighted by atomic mass is 10.1. The van der Waals surface area contributed by atoms with Crippen LogP contribution in [0.2, 0.25) is 0 Å². The van der Waals surface area contributed by atoms with Crippen LogP contribution in [0.25, 0.3) is 28.1 Å². The number of nitrogen functional groups attached to an aromatic ring is 1. The van der Waals surface area contributed by atoms with E-state index in [2.05, 4.69) is 49.4 Å². The Bertz CT molecular complexity index is 2180. The van der Waals surface area contributed by atoms with Crippen molar-refractivity contribution in [1.29, 1.82) is 0 Å². The monoisotopic (exact) mass is 747 g/mol. The van der Waals surface area contributed by atoms with Crippen LogP contribution in [-0.2, 0) is 32.0 Å². The summed E-state index contributed by atoms with van der Waals surface area (Å²) in [6.07, 6.45) is -2.03. The second kappa shape index (κ2) is 11.5. The normalized spacial score (nSPS) is 36.8. The highest BCUT2D eigenvalue weighted by Gasteiger charge is 2.53. The van der Waals surface area contributed by atoms with Gasteiger partial charge in [0.05, 0.1) is 36.8 Å². The van der Waals surface area contributed by atoms with E-state index in [1.807, 2.05) is 0 Å². The van der Waals surface area contributed by atoms with Gasteiger partial charge in [-0.3, -0.25) is 36.4 Å². The minimum Gasteiger partial charge on any atom is -0.397 e. The number of H-pyrrole nitrogens is 1. The number of nitrogens with one attached hydrogen (secondary N) is 1. The summed E-state index contributed by atoms with van der Waals surface area (Å²) in [5.74, 6) is 0.182. The smallest absolute Gasteiger partial charge is 0.386 e. The van der Waals surface area contributed by atoms with Crippen LogP contribution in [-0.4, -0.2) is 92.6 Å². The number of thioether (sulfide) groups is 1. The summed E-state index contributed by atoms with van der Waals surface area (Å²) >= 11 is 9.33. The largest absolute Gasteiger partial charge is 0.397 e. The minimum atomic E-state index is -4.38. The molecule has 0 amide bonds. The lowest BCUT2D eigenvalue weighted by Crippen LogP contribution is -2.35. The van der Waals surface area contributed by atoms with Gasteiger partial charge < -0.3 is 20.6 Å². The van der Waals surface area contributed by atoms with Crippen molar-refractivity contribution in [3.63, 3.8) is 0 Å². The summed E-state index contributed by atoms with van der Waals surface area (Å²) in [5.41, 5.74) is 6.66. The highest BCUT2D eigenvalue weighted by Crippen LogP contribution is 2.61. The Hall–Kier alpha value is -2.49. The number of thiol groups is 2. The number of aliphatic hydroxyl groups is 1. The molecular weight excluding hydrogens is 723 g/mol. The van der Waals surface area contributed by atoms with Crippen molar-refractivity contribution in [3.05, 3.63) is 47.7 Å². The first-order valence-electron chi connectivity index (χ1n) is 13.8. The molecule has 8 rings (SSSR count). The zero-order valence-electron chi connectivity index (χ0n) is 23.5. The number of ether oxygens (including phenoxy) is 1. The number of hydrogen-bond donors (Lipinski definition) is 5. The molecule has 0 spiro atoms. The number of halogens is 1. The van der Waals surface area contributed by atoms with Gasteiger partial charge in [0, 0.05) is 18.6 Å². The Balaban J connectivity index is 1.12. The van der Waals surface area contributed by atoms with E-state index in [1.165, 1.54) is 40.2 Å². The summed E-state index contributed by atoms with van der Waals surface area (Å²) in [5, 5.41) is 9.75. The molecule has 250 valence electrons. The second-order valence-corrected chi connectivity index (χ2v) is 18.0. The van der Waals surface area contributed by atoms with Gasteiger partial charge in [0.1, 0.15) is 35.3 Å². The van der Waals surface area contributed by atoms with Crippen LogP contribution >= 0.6 is 49.9 Å². The van der Waals surface area contributed by atoms with Gasteiger partial charge in [0.25, 0.3) is 5.56 Å². The number of aliphatic hydroxyl groups excluding tert-OH is 1. The highest BCUT2D eigenvalue weighted by molar-refractivity contribution is 8.44. The number of rotatable bonds is 2. The van der Waals surface area contributed by atoms with E-state index in [1.54, 1.807) is 10.6 Å². The molecule has 3 aliphatic heterocycles. The van der Waals surface area contributed by atoms with Crippen molar-refractivity contribution in [2.75, 3.05) is 18.9 Å².